The van der Waals surface area contributed by atoms with E-state index in [0.717, 1.165) is 25.7 Å². The van der Waals surface area contributed by atoms with Gasteiger partial charge in [0.25, 0.3) is 0 Å². The van der Waals surface area contributed by atoms with Gasteiger partial charge in [-0.3, -0.25) is 0 Å². The first-order chi connectivity index (χ1) is 6.81. The Balaban J connectivity index is 2.98. The average molecular weight is 202 g/mol. The molecule has 0 aliphatic heterocycles. The highest BCUT2D eigenvalue weighted by atomic mass is 19.1. The number of hydrogen-bond acceptors (Lipinski definition) is 0. The normalized spacial score (nSPS) is 13.1. The van der Waals surface area contributed by atoms with Crippen molar-refractivity contribution in [3.05, 3.63) is 0 Å². The minimum Gasteiger partial charge on any atom is -0.247 e. The Morgan fingerprint density at radius 3 is 1.86 bits per heavy atom. The van der Waals surface area contributed by atoms with E-state index in [1.54, 1.807) is 0 Å². The van der Waals surface area contributed by atoms with Gasteiger partial charge in [-0.1, -0.05) is 65.2 Å². The monoisotopic (exact) mass is 202 g/mol. The van der Waals surface area contributed by atoms with Gasteiger partial charge in [-0.15, -0.1) is 0 Å². The van der Waals surface area contributed by atoms with Crippen LogP contribution in [-0.2, 0) is 0 Å². The van der Waals surface area contributed by atoms with Crippen LogP contribution in [0.25, 0.3) is 0 Å². The maximum absolute atomic E-state index is 13.0. The van der Waals surface area contributed by atoms with Crippen LogP contribution in [0.3, 0.4) is 0 Å². The third-order valence-electron chi connectivity index (χ3n) is 2.72. The molecule has 1 heteroatoms. The summed E-state index contributed by atoms with van der Waals surface area (Å²) in [6.45, 7) is 4.29. The summed E-state index contributed by atoms with van der Waals surface area (Å²) in [5, 5.41) is 0. The lowest BCUT2D eigenvalue weighted by atomic mass is 10.1. The lowest BCUT2D eigenvalue weighted by molar-refractivity contribution is 0.285. The molecule has 0 saturated carbocycles. The second kappa shape index (κ2) is 11.0. The molecule has 14 heavy (non-hydrogen) atoms. The first-order valence-electron chi connectivity index (χ1n) is 6.45. The molecule has 0 rings (SSSR count). The van der Waals surface area contributed by atoms with Gasteiger partial charge in [-0.25, -0.2) is 4.39 Å². The molecule has 1 atom stereocenters. The molecule has 0 aromatic rings. The van der Waals surface area contributed by atoms with E-state index in [2.05, 4.69) is 13.8 Å². The van der Waals surface area contributed by atoms with Gasteiger partial charge >= 0.3 is 0 Å². The van der Waals surface area contributed by atoms with E-state index in [1.807, 2.05) is 0 Å². The van der Waals surface area contributed by atoms with E-state index in [1.165, 1.54) is 38.5 Å². The van der Waals surface area contributed by atoms with Crippen LogP contribution in [0.2, 0.25) is 0 Å². The second-order valence-corrected chi connectivity index (χ2v) is 4.30. The summed E-state index contributed by atoms with van der Waals surface area (Å²) < 4.78 is 13.0. The topological polar surface area (TPSA) is 0 Å². The molecule has 0 aliphatic rings. The molecule has 0 radical (unpaired) electrons. The summed E-state index contributed by atoms with van der Waals surface area (Å²) in [5.74, 6) is 0. The largest absolute Gasteiger partial charge is 0.247 e. The van der Waals surface area contributed by atoms with Crippen molar-refractivity contribution in [3.8, 4) is 0 Å². The highest BCUT2D eigenvalue weighted by Gasteiger charge is 2.03. The first kappa shape index (κ1) is 13.9. The van der Waals surface area contributed by atoms with E-state index in [4.69, 9.17) is 0 Å². The Morgan fingerprint density at radius 2 is 1.29 bits per heavy atom. The van der Waals surface area contributed by atoms with Gasteiger partial charge < -0.3 is 0 Å². The Morgan fingerprint density at radius 1 is 0.714 bits per heavy atom. The molecule has 0 saturated heterocycles. The summed E-state index contributed by atoms with van der Waals surface area (Å²) in [4.78, 5) is 0. The fourth-order valence-electron chi connectivity index (χ4n) is 1.78. The van der Waals surface area contributed by atoms with Crippen LogP contribution in [0, 0.1) is 0 Å². The molecule has 0 bridgehead atoms. The number of halogens is 1. The highest BCUT2D eigenvalue weighted by molar-refractivity contribution is 4.55. The fourth-order valence-corrected chi connectivity index (χ4v) is 1.78. The van der Waals surface area contributed by atoms with Crippen LogP contribution in [0.1, 0.15) is 78.1 Å². The Labute approximate surface area is 89.3 Å². The first-order valence-corrected chi connectivity index (χ1v) is 6.45. The van der Waals surface area contributed by atoms with E-state index in [-0.39, 0.29) is 0 Å². The zero-order valence-electron chi connectivity index (χ0n) is 10.0. The van der Waals surface area contributed by atoms with Crippen molar-refractivity contribution in [1.29, 1.82) is 0 Å². The van der Waals surface area contributed by atoms with Crippen molar-refractivity contribution in [2.24, 2.45) is 0 Å². The van der Waals surface area contributed by atoms with Gasteiger partial charge in [0.05, 0.1) is 0 Å². The number of unbranched alkanes of at least 4 members (excludes halogenated alkanes) is 6. The van der Waals surface area contributed by atoms with Gasteiger partial charge in [0.1, 0.15) is 6.17 Å². The smallest absolute Gasteiger partial charge is 0.100 e. The summed E-state index contributed by atoms with van der Waals surface area (Å²) in [7, 11) is 0. The third-order valence-corrected chi connectivity index (χ3v) is 2.72. The zero-order valence-corrected chi connectivity index (χ0v) is 10.0. The van der Waals surface area contributed by atoms with E-state index >= 15 is 0 Å². The maximum atomic E-state index is 13.0. The van der Waals surface area contributed by atoms with Gasteiger partial charge in [-0.05, 0) is 12.8 Å². The molecule has 1 unspecified atom stereocenters. The maximum Gasteiger partial charge on any atom is 0.100 e. The molecule has 0 aromatic carbocycles. The summed E-state index contributed by atoms with van der Waals surface area (Å²) >= 11 is 0. The molecule has 0 aromatic heterocycles. The SMILES string of the molecule is CCCCCCCCCC(F)CCC. The quantitative estimate of drug-likeness (QED) is 0.424. The Kier molecular flexibility index (Phi) is 11.0. The molecule has 0 spiro atoms. The van der Waals surface area contributed by atoms with E-state index in [0.29, 0.717) is 0 Å². The van der Waals surface area contributed by atoms with Crippen LogP contribution in [0.15, 0.2) is 0 Å². The van der Waals surface area contributed by atoms with Gasteiger partial charge in [0.2, 0.25) is 0 Å². The van der Waals surface area contributed by atoms with Gasteiger partial charge in [0.15, 0.2) is 0 Å². The Bertz CT molecular complexity index is 101. The predicted octanol–water partition coefficient (Wildman–Crippen LogP) is 5.27. The predicted molar refractivity (Wildman–Crippen MR) is 62.4 cm³/mol. The van der Waals surface area contributed by atoms with Crippen LogP contribution < -0.4 is 0 Å². The van der Waals surface area contributed by atoms with Gasteiger partial charge in [0, 0.05) is 0 Å². The number of hydrogen-bond donors (Lipinski definition) is 0. The highest BCUT2D eigenvalue weighted by Crippen LogP contribution is 2.13. The number of alkyl halides is 1. The minimum absolute atomic E-state index is 0.532. The zero-order chi connectivity index (χ0) is 10.6. The minimum atomic E-state index is -0.532. The lowest BCUT2D eigenvalue weighted by Gasteiger charge is -2.05. The molecular weight excluding hydrogens is 175 g/mol. The summed E-state index contributed by atoms with van der Waals surface area (Å²) in [5.41, 5.74) is 0. The molecular formula is C13H27F. The molecule has 86 valence electrons. The van der Waals surface area contributed by atoms with E-state index in [9.17, 15) is 4.39 Å². The van der Waals surface area contributed by atoms with Crippen LogP contribution in [0.5, 0.6) is 0 Å². The van der Waals surface area contributed by atoms with Crippen molar-refractivity contribution in [2.75, 3.05) is 0 Å². The second-order valence-electron chi connectivity index (χ2n) is 4.30. The lowest BCUT2D eigenvalue weighted by Crippen LogP contribution is -1.98. The number of rotatable bonds is 10. The molecule has 0 amide bonds. The van der Waals surface area contributed by atoms with Crippen molar-refractivity contribution in [2.45, 2.75) is 84.2 Å². The molecule has 0 N–H and O–H groups in total. The molecule has 0 nitrogen and oxygen atoms in total. The van der Waals surface area contributed by atoms with Crippen molar-refractivity contribution >= 4 is 0 Å². The third kappa shape index (κ3) is 10.0. The Hall–Kier alpha value is -0.0700. The average Bonchev–Trinajstić information content (AvgIpc) is 2.17. The summed E-state index contributed by atoms with van der Waals surface area (Å²) in [6.07, 6.45) is 11.0. The van der Waals surface area contributed by atoms with Crippen molar-refractivity contribution in [1.82, 2.24) is 0 Å². The van der Waals surface area contributed by atoms with Crippen molar-refractivity contribution in [3.63, 3.8) is 0 Å². The fraction of sp³-hybridized carbons (Fsp3) is 1.00. The molecule has 0 aliphatic carbocycles. The van der Waals surface area contributed by atoms with Crippen molar-refractivity contribution < 1.29 is 4.39 Å². The van der Waals surface area contributed by atoms with Crippen LogP contribution in [-0.4, -0.2) is 6.17 Å². The van der Waals surface area contributed by atoms with Crippen LogP contribution in [0.4, 0.5) is 4.39 Å². The van der Waals surface area contributed by atoms with Gasteiger partial charge in [-0.2, -0.15) is 0 Å². The van der Waals surface area contributed by atoms with E-state index < -0.39 is 6.17 Å². The molecule has 0 heterocycles. The molecule has 0 fully saturated rings. The van der Waals surface area contributed by atoms with Crippen LogP contribution >= 0.6 is 0 Å². The standard InChI is InChI=1S/C13H27F/c1-3-5-6-7-8-9-10-12-13(14)11-4-2/h13H,3-12H2,1-2H3. The summed E-state index contributed by atoms with van der Waals surface area (Å²) in [6, 6.07) is 0.